The Morgan fingerprint density at radius 2 is 1.77 bits per heavy atom. The van der Waals surface area contributed by atoms with Crippen LogP contribution in [-0.2, 0) is 11.2 Å². The first kappa shape index (κ1) is 23.1. The third-order valence-electron chi connectivity index (χ3n) is 6.35. The van der Waals surface area contributed by atoms with Gasteiger partial charge in [-0.3, -0.25) is 14.7 Å². The van der Waals surface area contributed by atoms with E-state index in [1.807, 2.05) is 55.5 Å². The van der Waals surface area contributed by atoms with Gasteiger partial charge in [0.05, 0.1) is 16.7 Å². The van der Waals surface area contributed by atoms with Crippen LogP contribution in [0.4, 0.5) is 17.2 Å². The highest BCUT2D eigenvalue weighted by Crippen LogP contribution is 2.30. The molecule has 5 rings (SSSR count). The molecule has 0 unspecified atom stereocenters. The van der Waals surface area contributed by atoms with E-state index in [0.717, 1.165) is 54.1 Å². The first-order valence-corrected chi connectivity index (χ1v) is 12.4. The van der Waals surface area contributed by atoms with Crippen molar-refractivity contribution in [1.29, 1.82) is 0 Å². The normalized spacial score (nSPS) is 14.3. The van der Waals surface area contributed by atoms with E-state index >= 15 is 0 Å². The molecule has 9 heteroatoms. The maximum absolute atomic E-state index is 12.9. The summed E-state index contributed by atoms with van der Waals surface area (Å²) in [6, 6.07) is 17.5. The number of rotatable bonds is 6. The molecule has 3 heterocycles. The third-order valence-corrected chi connectivity index (χ3v) is 7.37. The minimum Gasteiger partial charge on any atom is -0.369 e. The lowest BCUT2D eigenvalue weighted by atomic mass is 10.1. The van der Waals surface area contributed by atoms with Gasteiger partial charge in [-0.2, -0.15) is 5.10 Å². The number of hydrogen-bond acceptors (Lipinski definition) is 6. The van der Waals surface area contributed by atoms with Gasteiger partial charge in [0.15, 0.2) is 0 Å². The van der Waals surface area contributed by atoms with Gasteiger partial charge < -0.3 is 20.4 Å². The van der Waals surface area contributed by atoms with Crippen molar-refractivity contribution in [2.24, 2.45) is 0 Å². The van der Waals surface area contributed by atoms with Crippen molar-refractivity contribution in [2.45, 2.75) is 13.3 Å². The van der Waals surface area contributed by atoms with Gasteiger partial charge in [-0.05, 0) is 55.4 Å². The molecule has 1 saturated heterocycles. The molecule has 0 bridgehead atoms. The van der Waals surface area contributed by atoms with Crippen LogP contribution in [0.15, 0.2) is 54.6 Å². The first-order chi connectivity index (χ1) is 17.0. The number of anilines is 3. The number of thiophene rings is 1. The highest BCUT2D eigenvalue weighted by atomic mass is 32.1. The van der Waals surface area contributed by atoms with E-state index in [2.05, 4.69) is 37.7 Å². The van der Waals surface area contributed by atoms with Crippen LogP contribution in [0.2, 0.25) is 0 Å². The molecule has 0 aliphatic carbocycles. The van der Waals surface area contributed by atoms with Crippen LogP contribution in [0.5, 0.6) is 0 Å². The second-order valence-corrected chi connectivity index (χ2v) is 9.90. The maximum atomic E-state index is 12.9. The van der Waals surface area contributed by atoms with Crippen LogP contribution >= 0.6 is 11.3 Å². The molecule has 1 aliphatic rings. The third kappa shape index (κ3) is 5.21. The van der Waals surface area contributed by atoms with Crippen molar-refractivity contribution < 1.29 is 9.59 Å². The number of carbonyl (C=O) groups is 2. The number of aromatic amines is 1. The van der Waals surface area contributed by atoms with E-state index in [1.165, 1.54) is 11.3 Å². The summed E-state index contributed by atoms with van der Waals surface area (Å²) in [5.74, 6) is 0.172. The number of benzene rings is 2. The molecule has 8 nitrogen and oxygen atoms in total. The lowest BCUT2D eigenvalue weighted by Gasteiger charge is -2.34. The molecule has 2 aromatic carbocycles. The zero-order valence-electron chi connectivity index (χ0n) is 19.8. The van der Waals surface area contributed by atoms with E-state index in [-0.39, 0.29) is 18.2 Å². The van der Waals surface area contributed by atoms with Crippen LogP contribution in [0.25, 0.3) is 10.2 Å². The highest BCUT2D eigenvalue weighted by Gasteiger charge is 2.18. The number of fused-ring (bicyclic) bond motifs is 1. The van der Waals surface area contributed by atoms with E-state index < -0.39 is 0 Å². The fourth-order valence-electron chi connectivity index (χ4n) is 4.20. The van der Waals surface area contributed by atoms with Gasteiger partial charge in [-0.25, -0.2) is 0 Å². The molecular formula is C26H28N6O2S. The van der Waals surface area contributed by atoms with Gasteiger partial charge in [0, 0.05) is 37.6 Å². The number of aryl methyl sites for hydroxylation is 1. The van der Waals surface area contributed by atoms with E-state index in [0.29, 0.717) is 15.5 Å². The van der Waals surface area contributed by atoms with Gasteiger partial charge in [-0.1, -0.05) is 24.3 Å². The fourth-order valence-corrected chi connectivity index (χ4v) is 5.09. The summed E-state index contributed by atoms with van der Waals surface area (Å²) in [7, 11) is 2.14. The molecule has 0 radical (unpaired) electrons. The van der Waals surface area contributed by atoms with Crippen molar-refractivity contribution in [3.05, 3.63) is 70.6 Å². The van der Waals surface area contributed by atoms with Gasteiger partial charge in [0.2, 0.25) is 5.91 Å². The largest absolute Gasteiger partial charge is 0.369 e. The van der Waals surface area contributed by atoms with Gasteiger partial charge in [0.25, 0.3) is 5.91 Å². The molecule has 180 valence electrons. The standard InChI is InChI=1S/C26H28N6O2S/c1-17-5-3-4-6-18(17)15-23(33)28-24-21-16-22(35-26(21)30-29-24)25(34)27-19-7-9-20(10-8-19)32-13-11-31(2)12-14-32/h3-10,16H,11-15H2,1-2H3,(H,27,34)(H2,28,29,30,33). The van der Waals surface area contributed by atoms with Crippen LogP contribution in [-0.4, -0.2) is 60.1 Å². The summed E-state index contributed by atoms with van der Waals surface area (Å²) in [6.45, 7) is 6.09. The molecule has 1 fully saturated rings. The molecule has 3 N–H and O–H groups in total. The van der Waals surface area contributed by atoms with Crippen LogP contribution in [0.1, 0.15) is 20.8 Å². The smallest absolute Gasteiger partial charge is 0.265 e. The lowest BCUT2D eigenvalue weighted by Crippen LogP contribution is -2.44. The number of carbonyl (C=O) groups excluding carboxylic acids is 2. The molecule has 35 heavy (non-hydrogen) atoms. The summed E-state index contributed by atoms with van der Waals surface area (Å²) in [4.78, 5) is 31.3. The van der Waals surface area contributed by atoms with Gasteiger partial charge in [-0.15, -0.1) is 11.3 Å². The average Bonchev–Trinajstić information content (AvgIpc) is 3.44. The Morgan fingerprint density at radius 3 is 2.51 bits per heavy atom. The number of H-pyrrole nitrogens is 1. The summed E-state index contributed by atoms with van der Waals surface area (Å²) in [5.41, 5.74) is 3.96. The zero-order valence-corrected chi connectivity index (χ0v) is 20.6. The highest BCUT2D eigenvalue weighted by molar-refractivity contribution is 7.20. The Kier molecular flexibility index (Phi) is 6.52. The average molecular weight is 489 g/mol. The summed E-state index contributed by atoms with van der Waals surface area (Å²) < 4.78 is 0. The van der Waals surface area contributed by atoms with Crippen LogP contribution < -0.4 is 15.5 Å². The number of aromatic nitrogens is 2. The molecule has 0 atom stereocenters. The Balaban J connectivity index is 1.23. The van der Waals surface area contributed by atoms with Crippen molar-refractivity contribution in [3.8, 4) is 0 Å². The molecule has 2 amide bonds. The second-order valence-electron chi connectivity index (χ2n) is 8.87. The van der Waals surface area contributed by atoms with Crippen molar-refractivity contribution >= 4 is 50.6 Å². The number of hydrogen-bond donors (Lipinski definition) is 3. The van der Waals surface area contributed by atoms with Crippen molar-refractivity contribution in [1.82, 2.24) is 15.1 Å². The summed E-state index contributed by atoms with van der Waals surface area (Å²) in [6.07, 6.45) is 0.273. The Hall–Kier alpha value is -3.69. The van der Waals surface area contributed by atoms with Crippen LogP contribution in [0, 0.1) is 6.92 Å². The quantitative estimate of drug-likeness (QED) is 0.380. The topological polar surface area (TPSA) is 93.4 Å². The monoisotopic (exact) mass is 488 g/mol. The van der Waals surface area contributed by atoms with Crippen molar-refractivity contribution in [2.75, 3.05) is 48.8 Å². The second kappa shape index (κ2) is 9.89. The Bertz CT molecular complexity index is 1350. The minimum absolute atomic E-state index is 0.137. The van der Waals surface area contributed by atoms with Crippen LogP contribution in [0.3, 0.4) is 0 Å². The Morgan fingerprint density at radius 1 is 1.03 bits per heavy atom. The summed E-state index contributed by atoms with van der Waals surface area (Å²) in [5, 5.41) is 13.7. The molecule has 0 saturated carbocycles. The molecule has 4 aromatic rings. The Labute approximate surface area is 207 Å². The number of piperazine rings is 1. The summed E-state index contributed by atoms with van der Waals surface area (Å²) >= 11 is 1.29. The number of nitrogens with zero attached hydrogens (tertiary/aromatic N) is 3. The van der Waals surface area contributed by atoms with E-state index in [9.17, 15) is 9.59 Å². The molecule has 0 spiro atoms. The molecular weight excluding hydrogens is 460 g/mol. The number of likely N-dealkylation sites (N-methyl/N-ethyl adjacent to an activating group) is 1. The number of nitrogens with one attached hydrogen (secondary N) is 3. The SMILES string of the molecule is Cc1ccccc1CC(=O)Nc1[nH]nc2sc(C(=O)Nc3ccc(N4CCN(C)CC4)cc3)cc12. The first-order valence-electron chi connectivity index (χ1n) is 11.6. The van der Waals surface area contributed by atoms with Gasteiger partial charge >= 0.3 is 0 Å². The van der Waals surface area contributed by atoms with Gasteiger partial charge in [0.1, 0.15) is 10.6 Å². The molecule has 1 aliphatic heterocycles. The van der Waals surface area contributed by atoms with E-state index in [1.54, 1.807) is 6.07 Å². The lowest BCUT2D eigenvalue weighted by molar-refractivity contribution is -0.115. The van der Waals surface area contributed by atoms with E-state index in [4.69, 9.17) is 0 Å². The fraction of sp³-hybridized carbons (Fsp3) is 0.269. The van der Waals surface area contributed by atoms with Crippen molar-refractivity contribution in [3.63, 3.8) is 0 Å². The molecule has 2 aromatic heterocycles. The zero-order chi connectivity index (χ0) is 24.4. The minimum atomic E-state index is -0.197. The predicted molar refractivity (Wildman–Crippen MR) is 142 cm³/mol. The predicted octanol–water partition coefficient (Wildman–Crippen LogP) is 4.12. The maximum Gasteiger partial charge on any atom is 0.265 e. The number of amides is 2.